The highest BCUT2D eigenvalue weighted by atomic mass is 127. The summed E-state index contributed by atoms with van der Waals surface area (Å²) in [5, 5.41) is 7.71. The zero-order valence-electron chi connectivity index (χ0n) is 13.1. The van der Waals surface area contributed by atoms with Gasteiger partial charge < -0.3 is 15.8 Å². The van der Waals surface area contributed by atoms with E-state index in [1.165, 1.54) is 0 Å². The molecular weight excluding hydrogens is 429 g/mol. The summed E-state index contributed by atoms with van der Waals surface area (Å²) in [6, 6.07) is 7.26. The van der Waals surface area contributed by atoms with Crippen LogP contribution in [0.4, 0.5) is 5.69 Å². The van der Waals surface area contributed by atoms with Crippen LogP contribution in [0, 0.1) is 5.92 Å². The molecule has 2 rings (SSSR count). The molecular formula is C15H21ClIN5O. The van der Waals surface area contributed by atoms with Gasteiger partial charge in [-0.2, -0.15) is 5.10 Å². The normalized spacial score (nSPS) is 12.4. The lowest BCUT2D eigenvalue weighted by molar-refractivity contribution is 0.415. The summed E-state index contributed by atoms with van der Waals surface area (Å²) < 4.78 is 6.99. The topological polar surface area (TPSA) is 77.5 Å². The van der Waals surface area contributed by atoms with E-state index >= 15 is 0 Å². The zero-order valence-corrected chi connectivity index (χ0v) is 16.2. The third kappa shape index (κ3) is 6.26. The van der Waals surface area contributed by atoms with E-state index in [1.807, 2.05) is 23.0 Å². The molecule has 2 aromatic rings. The number of anilines is 1. The fraction of sp³-hybridized carbons (Fsp3) is 0.333. The number of guanidine groups is 1. The van der Waals surface area contributed by atoms with Gasteiger partial charge in [-0.05, 0) is 30.2 Å². The van der Waals surface area contributed by atoms with Crippen LogP contribution in [-0.4, -0.2) is 29.4 Å². The van der Waals surface area contributed by atoms with Crippen LogP contribution in [0.5, 0.6) is 5.75 Å². The lowest BCUT2D eigenvalue weighted by atomic mass is 10.2. The molecule has 1 aromatic heterocycles. The van der Waals surface area contributed by atoms with Crippen molar-refractivity contribution in [2.45, 2.75) is 13.5 Å². The molecule has 0 saturated heterocycles. The van der Waals surface area contributed by atoms with Crippen LogP contribution in [0.2, 0.25) is 5.02 Å². The molecule has 0 spiro atoms. The van der Waals surface area contributed by atoms with Crippen molar-refractivity contribution in [1.29, 1.82) is 0 Å². The molecule has 0 aliphatic heterocycles. The Morgan fingerprint density at radius 3 is 2.91 bits per heavy atom. The van der Waals surface area contributed by atoms with E-state index < -0.39 is 0 Å². The predicted molar refractivity (Wildman–Crippen MR) is 105 cm³/mol. The number of methoxy groups -OCH3 is 1. The van der Waals surface area contributed by atoms with Crippen molar-refractivity contribution >= 4 is 47.2 Å². The Bertz CT molecular complexity index is 633. The predicted octanol–water partition coefficient (Wildman–Crippen LogP) is 3.23. The van der Waals surface area contributed by atoms with Gasteiger partial charge in [-0.1, -0.05) is 18.5 Å². The smallest absolute Gasteiger partial charge is 0.193 e. The zero-order chi connectivity index (χ0) is 15.9. The minimum atomic E-state index is 0. The molecule has 6 nitrogen and oxygen atoms in total. The van der Waals surface area contributed by atoms with Crippen LogP contribution in [-0.2, 0) is 6.54 Å². The first-order valence-electron chi connectivity index (χ1n) is 6.96. The van der Waals surface area contributed by atoms with E-state index in [1.54, 1.807) is 25.4 Å². The monoisotopic (exact) mass is 449 g/mol. The van der Waals surface area contributed by atoms with Crippen LogP contribution in [0.25, 0.3) is 0 Å². The molecule has 1 unspecified atom stereocenters. The Labute approximate surface area is 158 Å². The number of aromatic nitrogens is 2. The lowest BCUT2D eigenvalue weighted by Gasteiger charge is -2.11. The number of nitrogens with zero attached hydrogens (tertiary/aromatic N) is 3. The first kappa shape index (κ1) is 19.6. The summed E-state index contributed by atoms with van der Waals surface area (Å²) in [5.74, 6) is 1.31. The SMILES string of the molecule is COc1ccc(NC(N)=NCC(C)Cn2cccn2)cc1Cl.I. The van der Waals surface area contributed by atoms with Crippen molar-refractivity contribution in [3.8, 4) is 5.75 Å². The maximum atomic E-state index is 6.06. The highest BCUT2D eigenvalue weighted by Gasteiger charge is 2.05. The Hall–Kier alpha value is -1.48. The molecule has 0 radical (unpaired) electrons. The van der Waals surface area contributed by atoms with E-state index in [0.29, 0.717) is 29.2 Å². The van der Waals surface area contributed by atoms with E-state index in [9.17, 15) is 0 Å². The van der Waals surface area contributed by atoms with Crippen molar-refractivity contribution in [2.75, 3.05) is 19.0 Å². The second-order valence-corrected chi connectivity index (χ2v) is 5.44. The lowest BCUT2D eigenvalue weighted by Crippen LogP contribution is -2.24. The molecule has 0 amide bonds. The average Bonchev–Trinajstić information content (AvgIpc) is 2.98. The second kappa shape index (κ2) is 9.61. The molecule has 1 atom stereocenters. The summed E-state index contributed by atoms with van der Waals surface area (Å²) in [4.78, 5) is 4.34. The largest absolute Gasteiger partial charge is 0.495 e. The number of halogens is 2. The Kier molecular flexibility index (Phi) is 8.18. The summed E-state index contributed by atoms with van der Waals surface area (Å²) in [7, 11) is 1.57. The number of aliphatic imine (C=N–C) groups is 1. The molecule has 8 heteroatoms. The number of hydrogen-bond acceptors (Lipinski definition) is 3. The van der Waals surface area contributed by atoms with Gasteiger partial charge >= 0.3 is 0 Å². The van der Waals surface area contributed by atoms with Gasteiger partial charge in [0.15, 0.2) is 5.96 Å². The standard InChI is InChI=1S/C15H20ClN5O.HI/c1-11(10-21-7-3-6-19-21)9-18-15(17)20-12-4-5-14(22-2)13(16)8-12;/h3-8,11H,9-10H2,1-2H3,(H3,17,18,20);1H. The highest BCUT2D eigenvalue weighted by Crippen LogP contribution is 2.26. The Balaban J connectivity index is 0.00000264. The number of ether oxygens (including phenoxy) is 1. The number of benzene rings is 1. The molecule has 0 fully saturated rings. The van der Waals surface area contributed by atoms with Crippen LogP contribution in [0.15, 0.2) is 41.7 Å². The summed E-state index contributed by atoms with van der Waals surface area (Å²) in [6.07, 6.45) is 3.69. The molecule has 1 heterocycles. The molecule has 126 valence electrons. The average molecular weight is 450 g/mol. The first-order chi connectivity index (χ1) is 10.6. The van der Waals surface area contributed by atoms with Gasteiger partial charge in [-0.15, -0.1) is 24.0 Å². The van der Waals surface area contributed by atoms with Crippen LogP contribution < -0.4 is 15.8 Å². The van der Waals surface area contributed by atoms with Crippen molar-refractivity contribution in [3.05, 3.63) is 41.7 Å². The molecule has 0 bridgehead atoms. The van der Waals surface area contributed by atoms with Crippen LogP contribution in [0.3, 0.4) is 0 Å². The van der Waals surface area contributed by atoms with E-state index in [-0.39, 0.29) is 24.0 Å². The second-order valence-electron chi connectivity index (χ2n) is 5.03. The summed E-state index contributed by atoms with van der Waals surface area (Å²) >= 11 is 6.06. The van der Waals surface area contributed by atoms with Crippen LogP contribution in [0.1, 0.15) is 6.92 Å². The summed E-state index contributed by atoms with van der Waals surface area (Å²) in [5.41, 5.74) is 6.66. The van der Waals surface area contributed by atoms with Gasteiger partial charge in [-0.25, -0.2) is 0 Å². The number of rotatable bonds is 6. The molecule has 0 aliphatic rings. The van der Waals surface area contributed by atoms with Gasteiger partial charge in [0, 0.05) is 31.2 Å². The van der Waals surface area contributed by atoms with E-state index in [4.69, 9.17) is 22.1 Å². The number of nitrogens with one attached hydrogen (secondary N) is 1. The van der Waals surface area contributed by atoms with Crippen molar-refractivity contribution in [3.63, 3.8) is 0 Å². The van der Waals surface area contributed by atoms with Crippen LogP contribution >= 0.6 is 35.6 Å². The van der Waals surface area contributed by atoms with Gasteiger partial charge in [0.05, 0.1) is 12.1 Å². The Morgan fingerprint density at radius 1 is 1.52 bits per heavy atom. The van der Waals surface area contributed by atoms with Crippen molar-refractivity contribution in [2.24, 2.45) is 16.6 Å². The highest BCUT2D eigenvalue weighted by molar-refractivity contribution is 14.0. The minimum absolute atomic E-state index is 0. The van der Waals surface area contributed by atoms with Gasteiger partial charge in [-0.3, -0.25) is 9.67 Å². The van der Waals surface area contributed by atoms with Gasteiger partial charge in [0.25, 0.3) is 0 Å². The molecule has 23 heavy (non-hydrogen) atoms. The third-order valence-electron chi connectivity index (χ3n) is 3.06. The molecule has 3 N–H and O–H groups in total. The Morgan fingerprint density at radius 2 is 2.30 bits per heavy atom. The summed E-state index contributed by atoms with van der Waals surface area (Å²) in [6.45, 7) is 3.52. The van der Waals surface area contributed by atoms with E-state index in [0.717, 1.165) is 12.2 Å². The number of nitrogens with two attached hydrogens (primary N) is 1. The maximum Gasteiger partial charge on any atom is 0.193 e. The first-order valence-corrected chi connectivity index (χ1v) is 7.34. The molecule has 1 aromatic carbocycles. The van der Waals surface area contributed by atoms with E-state index in [2.05, 4.69) is 22.3 Å². The fourth-order valence-electron chi connectivity index (χ4n) is 1.97. The fourth-order valence-corrected chi connectivity index (χ4v) is 2.23. The van der Waals surface area contributed by atoms with Gasteiger partial charge in [0.1, 0.15) is 5.75 Å². The molecule has 0 aliphatic carbocycles. The molecule has 0 saturated carbocycles. The quantitative estimate of drug-likeness (QED) is 0.403. The van der Waals surface area contributed by atoms with Gasteiger partial charge in [0.2, 0.25) is 0 Å². The van der Waals surface area contributed by atoms with Crippen molar-refractivity contribution < 1.29 is 4.74 Å². The number of hydrogen-bond donors (Lipinski definition) is 2. The van der Waals surface area contributed by atoms with Crippen molar-refractivity contribution in [1.82, 2.24) is 9.78 Å². The maximum absolute atomic E-state index is 6.06. The third-order valence-corrected chi connectivity index (χ3v) is 3.35. The minimum Gasteiger partial charge on any atom is -0.495 e.